The van der Waals surface area contributed by atoms with Crippen LogP contribution in [0.25, 0.3) is 0 Å². The van der Waals surface area contributed by atoms with E-state index in [2.05, 4.69) is 10.2 Å². The first-order chi connectivity index (χ1) is 7.84. The third-order valence-corrected chi connectivity index (χ3v) is 3.79. The Labute approximate surface area is 98.6 Å². The largest absolute Gasteiger partial charge is 0.352 e. The van der Waals surface area contributed by atoms with E-state index in [1.807, 2.05) is 0 Å². The molecule has 3 nitrogen and oxygen atoms in total. The molecule has 1 heterocycles. The molecule has 3 heteroatoms. The zero-order valence-electron chi connectivity index (χ0n) is 10.2. The Balaban J connectivity index is 1.66. The van der Waals surface area contributed by atoms with E-state index in [0.717, 1.165) is 13.1 Å². The average Bonchev–Trinajstić information content (AvgIpc) is 2.31. The molecule has 2 rings (SSSR count). The molecule has 0 aromatic heterocycles. The van der Waals surface area contributed by atoms with Gasteiger partial charge in [-0.3, -0.25) is 9.69 Å². The van der Waals surface area contributed by atoms with E-state index in [9.17, 15) is 4.79 Å². The quantitative estimate of drug-likeness (QED) is 0.794. The number of amides is 1. The van der Waals surface area contributed by atoms with Crippen LogP contribution in [-0.2, 0) is 4.79 Å². The Kier molecular flexibility index (Phi) is 4.64. The zero-order chi connectivity index (χ0) is 11.2. The third-order valence-electron chi connectivity index (χ3n) is 3.79. The van der Waals surface area contributed by atoms with E-state index < -0.39 is 0 Å². The fourth-order valence-electron chi connectivity index (χ4n) is 2.84. The summed E-state index contributed by atoms with van der Waals surface area (Å²) in [6.07, 6.45) is 10.1. The van der Waals surface area contributed by atoms with Crippen LogP contribution >= 0.6 is 0 Å². The van der Waals surface area contributed by atoms with E-state index in [1.165, 1.54) is 51.4 Å². The lowest BCUT2D eigenvalue weighted by atomic mass is 9.95. The SMILES string of the molecule is O=C(CN1CCCCC1)NC1CCCCC1. The maximum absolute atomic E-state index is 11.8. The van der Waals surface area contributed by atoms with Crippen molar-refractivity contribution in [1.29, 1.82) is 0 Å². The molecule has 16 heavy (non-hydrogen) atoms. The maximum atomic E-state index is 11.8. The van der Waals surface area contributed by atoms with Gasteiger partial charge in [0.05, 0.1) is 6.54 Å². The van der Waals surface area contributed by atoms with Crippen molar-refractivity contribution in [3.05, 3.63) is 0 Å². The molecule has 1 saturated carbocycles. The first-order valence-corrected chi connectivity index (χ1v) is 6.86. The van der Waals surface area contributed by atoms with Crippen LogP contribution in [0.1, 0.15) is 51.4 Å². The lowest BCUT2D eigenvalue weighted by Gasteiger charge is -2.28. The van der Waals surface area contributed by atoms with Crippen molar-refractivity contribution < 1.29 is 4.79 Å². The van der Waals surface area contributed by atoms with E-state index in [1.54, 1.807) is 0 Å². The van der Waals surface area contributed by atoms with E-state index in [0.29, 0.717) is 12.6 Å². The van der Waals surface area contributed by atoms with Crippen LogP contribution in [0, 0.1) is 0 Å². The summed E-state index contributed by atoms with van der Waals surface area (Å²) in [7, 11) is 0. The molecule has 0 unspecified atom stereocenters. The van der Waals surface area contributed by atoms with Crippen molar-refractivity contribution >= 4 is 5.91 Å². The van der Waals surface area contributed by atoms with Gasteiger partial charge in [-0.2, -0.15) is 0 Å². The van der Waals surface area contributed by atoms with Crippen molar-refractivity contribution in [2.24, 2.45) is 0 Å². The number of carbonyl (C=O) groups is 1. The van der Waals surface area contributed by atoms with Gasteiger partial charge < -0.3 is 5.32 Å². The molecule has 0 radical (unpaired) electrons. The van der Waals surface area contributed by atoms with Crippen LogP contribution in [0.4, 0.5) is 0 Å². The summed E-state index contributed by atoms with van der Waals surface area (Å²) in [6, 6.07) is 0.464. The Hall–Kier alpha value is -0.570. The van der Waals surface area contributed by atoms with Gasteiger partial charge in [-0.15, -0.1) is 0 Å². The highest BCUT2D eigenvalue weighted by atomic mass is 16.2. The van der Waals surface area contributed by atoms with Gasteiger partial charge in [0.2, 0.25) is 5.91 Å². The Bertz CT molecular complexity index is 196. The van der Waals surface area contributed by atoms with E-state index >= 15 is 0 Å². The maximum Gasteiger partial charge on any atom is 0.234 e. The minimum atomic E-state index is 0.244. The van der Waals surface area contributed by atoms with Gasteiger partial charge in [-0.05, 0) is 38.8 Å². The number of carbonyl (C=O) groups excluding carboxylic acids is 1. The molecule has 0 spiro atoms. The van der Waals surface area contributed by atoms with Crippen molar-refractivity contribution in [3.8, 4) is 0 Å². The fraction of sp³-hybridized carbons (Fsp3) is 0.923. The molecule has 0 atom stereocenters. The molecule has 0 aromatic rings. The highest BCUT2D eigenvalue weighted by molar-refractivity contribution is 5.78. The van der Waals surface area contributed by atoms with Crippen LogP contribution in [0.2, 0.25) is 0 Å². The zero-order valence-corrected chi connectivity index (χ0v) is 10.2. The van der Waals surface area contributed by atoms with E-state index in [-0.39, 0.29) is 5.91 Å². The smallest absolute Gasteiger partial charge is 0.234 e. The summed E-state index contributed by atoms with van der Waals surface area (Å²) in [4.78, 5) is 14.1. The second-order valence-corrected chi connectivity index (χ2v) is 5.24. The number of rotatable bonds is 3. The summed E-state index contributed by atoms with van der Waals surface area (Å²) in [5.41, 5.74) is 0. The van der Waals surface area contributed by atoms with Gasteiger partial charge in [0.1, 0.15) is 0 Å². The topological polar surface area (TPSA) is 32.3 Å². The minimum Gasteiger partial charge on any atom is -0.352 e. The van der Waals surface area contributed by atoms with Crippen LogP contribution in [-0.4, -0.2) is 36.5 Å². The molecule has 2 fully saturated rings. The van der Waals surface area contributed by atoms with Crippen molar-refractivity contribution in [2.45, 2.75) is 57.4 Å². The molecule has 0 aromatic carbocycles. The summed E-state index contributed by atoms with van der Waals surface area (Å²) in [6.45, 7) is 2.84. The average molecular weight is 224 g/mol. The number of hydrogen-bond donors (Lipinski definition) is 1. The Morgan fingerprint density at radius 2 is 1.62 bits per heavy atom. The van der Waals surface area contributed by atoms with Gasteiger partial charge >= 0.3 is 0 Å². The third kappa shape index (κ3) is 3.78. The first kappa shape index (κ1) is 11.9. The Morgan fingerprint density at radius 3 is 2.31 bits per heavy atom. The number of hydrogen-bond acceptors (Lipinski definition) is 2. The molecule has 92 valence electrons. The van der Waals surface area contributed by atoms with Gasteiger partial charge in [0, 0.05) is 6.04 Å². The second-order valence-electron chi connectivity index (χ2n) is 5.24. The van der Waals surface area contributed by atoms with Gasteiger partial charge in [0.15, 0.2) is 0 Å². The van der Waals surface area contributed by atoms with Crippen LogP contribution in [0.15, 0.2) is 0 Å². The Morgan fingerprint density at radius 1 is 1.00 bits per heavy atom. The van der Waals surface area contributed by atoms with Crippen molar-refractivity contribution in [2.75, 3.05) is 19.6 Å². The number of nitrogens with zero attached hydrogens (tertiary/aromatic N) is 1. The van der Waals surface area contributed by atoms with Crippen LogP contribution in [0.5, 0.6) is 0 Å². The number of likely N-dealkylation sites (tertiary alicyclic amines) is 1. The predicted octanol–water partition coefficient (Wildman–Crippen LogP) is 1.92. The molecule has 1 amide bonds. The normalized spacial score (nSPS) is 24.2. The highest BCUT2D eigenvalue weighted by Gasteiger charge is 2.18. The summed E-state index contributed by atoms with van der Waals surface area (Å²) in [5, 5.41) is 3.19. The summed E-state index contributed by atoms with van der Waals surface area (Å²) >= 11 is 0. The van der Waals surface area contributed by atoms with Gasteiger partial charge in [-0.25, -0.2) is 0 Å². The van der Waals surface area contributed by atoms with Crippen molar-refractivity contribution in [3.63, 3.8) is 0 Å². The molecule has 2 aliphatic rings. The molecular formula is C13H24N2O. The lowest BCUT2D eigenvalue weighted by Crippen LogP contribution is -2.44. The monoisotopic (exact) mass is 224 g/mol. The van der Waals surface area contributed by atoms with Gasteiger partial charge in [-0.1, -0.05) is 25.7 Å². The standard InChI is InChI=1S/C13H24N2O/c16-13(11-15-9-5-2-6-10-15)14-12-7-3-1-4-8-12/h12H,1-11H2,(H,14,16). The summed E-state index contributed by atoms with van der Waals surface area (Å²) in [5.74, 6) is 0.244. The number of nitrogens with one attached hydrogen (secondary N) is 1. The molecule has 1 saturated heterocycles. The van der Waals surface area contributed by atoms with Crippen LogP contribution in [0.3, 0.4) is 0 Å². The predicted molar refractivity (Wildman–Crippen MR) is 65.3 cm³/mol. The van der Waals surface area contributed by atoms with E-state index in [4.69, 9.17) is 0 Å². The van der Waals surface area contributed by atoms with Gasteiger partial charge in [0.25, 0.3) is 0 Å². The second kappa shape index (κ2) is 6.24. The molecule has 1 aliphatic carbocycles. The lowest BCUT2D eigenvalue weighted by molar-refractivity contribution is -0.123. The van der Waals surface area contributed by atoms with Crippen molar-refractivity contribution in [1.82, 2.24) is 10.2 Å². The number of piperidine rings is 1. The molecule has 0 bridgehead atoms. The molecular weight excluding hydrogens is 200 g/mol. The summed E-state index contributed by atoms with van der Waals surface area (Å²) < 4.78 is 0. The minimum absolute atomic E-state index is 0.244. The van der Waals surface area contributed by atoms with Crippen LogP contribution < -0.4 is 5.32 Å². The first-order valence-electron chi connectivity index (χ1n) is 6.86. The highest BCUT2D eigenvalue weighted by Crippen LogP contribution is 2.17. The fourth-order valence-corrected chi connectivity index (χ4v) is 2.84. The molecule has 1 aliphatic heterocycles. The molecule has 1 N–H and O–H groups in total.